The number of halogens is 2. The molecule has 0 N–H and O–H groups in total. The van der Waals surface area contributed by atoms with Crippen molar-refractivity contribution in [3.63, 3.8) is 0 Å². The molecule has 1 unspecified atom stereocenters. The van der Waals surface area contributed by atoms with Gasteiger partial charge in [0.2, 0.25) is 0 Å². The number of likely N-dealkylation sites (tertiary alicyclic amines) is 1. The molecule has 198 valence electrons. The Morgan fingerprint density at radius 2 is 2.11 bits per heavy atom. The van der Waals surface area contributed by atoms with Crippen LogP contribution < -0.4 is 4.74 Å². The number of aliphatic imine (C=N–C) groups is 1. The number of methoxy groups -OCH3 is 1. The molecule has 6 nitrogen and oxygen atoms in total. The molecule has 1 aromatic carbocycles. The summed E-state index contributed by atoms with van der Waals surface area (Å²) in [7, 11) is 3.32. The smallest absolute Gasteiger partial charge is 0.387 e. The van der Waals surface area contributed by atoms with E-state index >= 15 is 0 Å². The predicted molar refractivity (Wildman–Crippen MR) is 140 cm³/mol. The van der Waals surface area contributed by atoms with Crippen LogP contribution in [0.2, 0.25) is 0 Å². The minimum Gasteiger partial charge on any atom is -0.434 e. The van der Waals surface area contributed by atoms with Crippen molar-refractivity contribution in [2.75, 3.05) is 33.9 Å². The second-order valence-electron chi connectivity index (χ2n) is 10.7. The number of rotatable bonds is 10. The molecule has 1 aromatic heterocycles. The molecule has 0 aliphatic carbocycles. The van der Waals surface area contributed by atoms with Gasteiger partial charge < -0.3 is 14.3 Å². The lowest BCUT2D eigenvalue weighted by molar-refractivity contribution is -0.124. The zero-order chi connectivity index (χ0) is 26.5. The van der Waals surface area contributed by atoms with Crippen molar-refractivity contribution < 1.29 is 23.0 Å². The Bertz CT molecular complexity index is 1070. The Hall–Kier alpha value is -2.23. The van der Waals surface area contributed by atoms with E-state index in [9.17, 15) is 13.6 Å². The van der Waals surface area contributed by atoms with Gasteiger partial charge in [0.25, 0.3) is 0 Å². The maximum Gasteiger partial charge on any atom is 0.387 e. The van der Waals surface area contributed by atoms with Gasteiger partial charge in [-0.25, -0.2) is 4.98 Å². The molecule has 9 heteroatoms. The zero-order valence-corrected chi connectivity index (χ0v) is 22.8. The van der Waals surface area contributed by atoms with Crippen molar-refractivity contribution in [2.45, 2.75) is 53.7 Å². The summed E-state index contributed by atoms with van der Waals surface area (Å²) in [5.41, 5.74) is 1.73. The monoisotopic (exact) mass is 521 g/mol. The summed E-state index contributed by atoms with van der Waals surface area (Å²) in [6.45, 7) is 8.38. The van der Waals surface area contributed by atoms with Gasteiger partial charge in [-0.3, -0.25) is 9.89 Å². The summed E-state index contributed by atoms with van der Waals surface area (Å²) < 4.78 is 36.3. The van der Waals surface area contributed by atoms with Gasteiger partial charge in [-0.1, -0.05) is 20.8 Å². The van der Waals surface area contributed by atoms with E-state index in [0.29, 0.717) is 42.6 Å². The number of aromatic nitrogens is 1. The summed E-state index contributed by atoms with van der Waals surface area (Å²) >= 11 is 1.47. The van der Waals surface area contributed by atoms with Crippen molar-refractivity contribution in [1.82, 2.24) is 9.88 Å². The molecule has 3 rings (SSSR count). The Morgan fingerprint density at radius 3 is 2.72 bits per heavy atom. The molecule has 0 saturated carbocycles. The van der Waals surface area contributed by atoms with E-state index < -0.39 is 12.0 Å². The molecule has 1 aliphatic heterocycles. The second-order valence-corrected chi connectivity index (χ2v) is 11.8. The van der Waals surface area contributed by atoms with Gasteiger partial charge in [-0.2, -0.15) is 8.78 Å². The molecular weight excluding hydrogens is 484 g/mol. The number of carbonyl (C=O) groups is 1. The van der Waals surface area contributed by atoms with E-state index in [4.69, 9.17) is 14.5 Å². The third kappa shape index (κ3) is 6.95. The molecule has 2 heterocycles. The Labute approximate surface area is 216 Å². The van der Waals surface area contributed by atoms with Crippen LogP contribution in [0.4, 0.5) is 8.78 Å². The van der Waals surface area contributed by atoms with E-state index in [0.717, 1.165) is 35.4 Å². The third-order valence-electron chi connectivity index (χ3n) is 6.94. The number of aryl methyl sites for hydroxylation is 1. The highest BCUT2D eigenvalue weighted by atomic mass is 32.1. The first-order valence-electron chi connectivity index (χ1n) is 12.2. The van der Waals surface area contributed by atoms with Gasteiger partial charge in [-0.15, -0.1) is 11.3 Å². The van der Waals surface area contributed by atoms with E-state index in [-0.39, 0.29) is 11.2 Å². The molecule has 0 radical (unpaired) electrons. The van der Waals surface area contributed by atoms with Crippen LogP contribution >= 0.6 is 11.3 Å². The lowest BCUT2D eigenvalue weighted by Crippen LogP contribution is -2.51. The van der Waals surface area contributed by atoms with Gasteiger partial charge in [0.15, 0.2) is 0 Å². The van der Waals surface area contributed by atoms with Gasteiger partial charge >= 0.3 is 6.61 Å². The minimum atomic E-state index is -2.93. The van der Waals surface area contributed by atoms with Crippen molar-refractivity contribution in [3.05, 3.63) is 34.3 Å². The van der Waals surface area contributed by atoms with Crippen LogP contribution in [0.3, 0.4) is 0 Å². The van der Waals surface area contributed by atoms with Gasteiger partial charge in [0, 0.05) is 56.9 Å². The highest BCUT2D eigenvalue weighted by Crippen LogP contribution is 2.43. The average molecular weight is 522 g/mol. The number of hydrogen-bond donors (Lipinski definition) is 0. The van der Waals surface area contributed by atoms with Crippen LogP contribution in [-0.4, -0.2) is 62.9 Å². The molecule has 2 atom stereocenters. The summed E-state index contributed by atoms with van der Waals surface area (Å²) in [4.78, 5) is 24.5. The number of piperidine rings is 1. The summed E-state index contributed by atoms with van der Waals surface area (Å²) in [5.74, 6) is 0.431. The highest BCUT2D eigenvalue weighted by Gasteiger charge is 2.43. The SMILES string of the molecule is CN=Cc1ccc(OC(F)F)c(-c2nc(C)c(CN3CC(C(C)(C)C)C[C@](C=O)(CCOC)C3)s2)c1. The van der Waals surface area contributed by atoms with Crippen LogP contribution in [-0.2, 0) is 16.1 Å². The molecule has 1 aliphatic rings. The second kappa shape index (κ2) is 11.9. The van der Waals surface area contributed by atoms with E-state index in [1.165, 1.54) is 17.4 Å². The van der Waals surface area contributed by atoms with E-state index in [1.54, 1.807) is 32.5 Å². The van der Waals surface area contributed by atoms with Gasteiger partial charge in [-0.05, 0) is 54.9 Å². The first kappa shape index (κ1) is 28.3. The van der Waals surface area contributed by atoms with Crippen LogP contribution in [0.25, 0.3) is 10.6 Å². The molecule has 1 fully saturated rings. The van der Waals surface area contributed by atoms with Crippen molar-refractivity contribution in [1.29, 1.82) is 0 Å². The molecular formula is C27H37F2N3O3S. The average Bonchev–Trinajstić information content (AvgIpc) is 3.17. The highest BCUT2D eigenvalue weighted by molar-refractivity contribution is 7.15. The number of thiazole rings is 1. The summed E-state index contributed by atoms with van der Waals surface area (Å²) in [6, 6.07) is 4.99. The number of nitrogens with zero attached hydrogens (tertiary/aromatic N) is 3. The molecule has 0 amide bonds. The summed E-state index contributed by atoms with van der Waals surface area (Å²) in [5, 5.41) is 0.620. The fourth-order valence-electron chi connectivity index (χ4n) is 4.81. The topological polar surface area (TPSA) is 64.0 Å². The zero-order valence-electron chi connectivity index (χ0n) is 22.0. The quantitative estimate of drug-likeness (QED) is 0.290. The predicted octanol–water partition coefficient (Wildman–Crippen LogP) is 5.86. The Kier molecular flexibility index (Phi) is 9.35. The lowest BCUT2D eigenvalue weighted by atomic mass is 9.66. The maximum atomic E-state index is 13.1. The molecule has 36 heavy (non-hydrogen) atoms. The van der Waals surface area contributed by atoms with Crippen molar-refractivity contribution in [2.24, 2.45) is 21.7 Å². The van der Waals surface area contributed by atoms with Gasteiger partial charge in [0.05, 0.1) is 11.3 Å². The van der Waals surface area contributed by atoms with Crippen molar-refractivity contribution in [3.8, 4) is 16.3 Å². The number of alkyl halides is 2. The standard InChI is InChI=1S/C27H37F2N3O3S/c1-18-23(15-32-14-20(26(2,3)4)12-27(16-32,17-33)9-10-34-6)36-24(31-18)21-11-19(13-30-5)7-8-22(21)35-25(28)29/h7-8,11,13,17,20,25H,9-10,12,14-16H2,1-6H3/t20?,27-/m1/s1. The van der Waals surface area contributed by atoms with Crippen LogP contribution in [0, 0.1) is 23.7 Å². The van der Waals surface area contributed by atoms with E-state index in [2.05, 4.69) is 30.7 Å². The van der Waals surface area contributed by atoms with Crippen molar-refractivity contribution >= 4 is 23.8 Å². The molecule has 0 bridgehead atoms. The molecule has 0 spiro atoms. The number of benzene rings is 1. The Morgan fingerprint density at radius 1 is 1.36 bits per heavy atom. The number of ether oxygens (including phenoxy) is 2. The molecule has 1 saturated heterocycles. The lowest BCUT2D eigenvalue weighted by Gasteiger charge is -2.47. The van der Waals surface area contributed by atoms with Crippen LogP contribution in [0.15, 0.2) is 23.2 Å². The summed E-state index contributed by atoms with van der Waals surface area (Å²) in [6.07, 6.45) is 4.31. The van der Waals surface area contributed by atoms with Gasteiger partial charge in [0.1, 0.15) is 17.0 Å². The number of carbonyl (C=O) groups excluding carboxylic acids is 1. The van der Waals surface area contributed by atoms with Crippen LogP contribution in [0.5, 0.6) is 5.75 Å². The maximum absolute atomic E-state index is 13.1. The normalized spacial score (nSPS) is 21.4. The number of aldehydes is 1. The fourth-order valence-corrected chi connectivity index (χ4v) is 5.93. The third-order valence-corrected chi connectivity index (χ3v) is 8.11. The van der Waals surface area contributed by atoms with E-state index in [1.807, 2.05) is 6.92 Å². The largest absolute Gasteiger partial charge is 0.434 e. The van der Waals surface area contributed by atoms with Crippen LogP contribution in [0.1, 0.15) is 49.7 Å². The fraction of sp³-hybridized carbons (Fsp3) is 0.593. The Balaban J connectivity index is 1.93. The first-order chi connectivity index (χ1) is 17.0. The molecule has 2 aromatic rings. The minimum absolute atomic E-state index is 0.0523. The first-order valence-corrected chi connectivity index (χ1v) is 13.0. The number of hydrogen-bond acceptors (Lipinski definition) is 7.